The normalized spacial score (nSPS) is 8.88. The van der Waals surface area contributed by atoms with Gasteiger partial charge in [0.05, 0.1) is 0 Å². The van der Waals surface area contributed by atoms with E-state index >= 15 is 0 Å². The molecule has 8 heavy (non-hydrogen) atoms. The van der Waals surface area contributed by atoms with Crippen molar-refractivity contribution in [1.29, 1.82) is 0 Å². The molecule has 2 N–H and O–H groups in total. The van der Waals surface area contributed by atoms with Gasteiger partial charge in [0.15, 0.2) is 0 Å². The summed E-state index contributed by atoms with van der Waals surface area (Å²) in [5.74, 6) is 0. The molecule has 0 aromatic rings. The minimum atomic E-state index is -1.22. The molecule has 0 saturated heterocycles. The summed E-state index contributed by atoms with van der Waals surface area (Å²) in [5, 5.41) is 16.9. The second-order valence-corrected chi connectivity index (χ2v) is 3.33. The standard InChI is InChI=1S/C4H8BO2.W/c1-2-3-4-5(6)7;/h6-7H,1-3H2;/q-1;. The van der Waals surface area contributed by atoms with Crippen LogP contribution in [0.3, 0.4) is 0 Å². The fourth-order valence-corrected chi connectivity index (χ4v) is 0.822. The van der Waals surface area contributed by atoms with Crippen molar-refractivity contribution in [2.75, 3.05) is 0 Å². The average molecular weight is 283 g/mol. The molecule has 4 heteroatoms. The molecule has 0 rings (SSSR count). The molecule has 46 valence electrons. The first kappa shape index (κ1) is 8.54. The molecule has 0 atom stereocenters. The summed E-state index contributed by atoms with van der Waals surface area (Å²) in [4.78, 5) is 0. The van der Waals surface area contributed by atoms with E-state index < -0.39 is 7.12 Å². The molecule has 0 aliphatic carbocycles. The van der Waals surface area contributed by atoms with Crippen molar-refractivity contribution < 1.29 is 29.4 Å². The summed E-state index contributed by atoms with van der Waals surface area (Å²) in [6.07, 6.45) is 1.48. The van der Waals surface area contributed by atoms with Crippen LogP contribution in [0.15, 0.2) is 0 Å². The first-order valence-corrected chi connectivity index (χ1v) is 3.83. The Hall–Kier alpha value is 0.543. The van der Waals surface area contributed by atoms with E-state index in [0.29, 0.717) is 0 Å². The molecule has 0 bridgehead atoms. The zero-order chi connectivity index (χ0) is 6.57. The maximum absolute atomic E-state index is 8.46. The van der Waals surface area contributed by atoms with E-state index in [9.17, 15) is 0 Å². The predicted molar refractivity (Wildman–Crippen MR) is 29.8 cm³/mol. The second-order valence-electron chi connectivity index (χ2n) is 1.44. The molecule has 0 aromatic carbocycles. The summed E-state index contributed by atoms with van der Waals surface area (Å²) in [6, 6.07) is 0. The van der Waals surface area contributed by atoms with Gasteiger partial charge in [-0.05, 0) is 0 Å². The summed E-state index contributed by atoms with van der Waals surface area (Å²) < 4.78 is 0.764. The maximum atomic E-state index is 8.46. The van der Waals surface area contributed by atoms with Crippen molar-refractivity contribution >= 4 is 10.9 Å². The Kier molecular flexibility index (Phi) is 4.73. The molecule has 0 heterocycles. The van der Waals surface area contributed by atoms with Crippen LogP contribution < -0.4 is 0 Å². The van der Waals surface area contributed by atoms with Gasteiger partial charge in [-0.3, -0.25) is 0 Å². The topological polar surface area (TPSA) is 40.5 Å². The van der Waals surface area contributed by atoms with Gasteiger partial charge >= 0.3 is 60.1 Å². The third-order valence-electron chi connectivity index (χ3n) is 0.711. The van der Waals surface area contributed by atoms with Crippen LogP contribution in [0.4, 0.5) is 0 Å². The van der Waals surface area contributed by atoms with Crippen LogP contribution in [0, 0.1) is 6.92 Å². The molecular formula is C4H8BO2W-. The van der Waals surface area contributed by atoms with Gasteiger partial charge in [0, 0.05) is 0 Å². The van der Waals surface area contributed by atoms with E-state index in [2.05, 4.69) is 6.92 Å². The summed E-state index contributed by atoms with van der Waals surface area (Å²) in [6.45, 7) is 3.58. The third-order valence-corrected chi connectivity index (χ3v) is 2.20. The number of hydrogen-bond donors (Lipinski definition) is 2. The first-order valence-electron chi connectivity index (χ1n) is 2.36. The van der Waals surface area contributed by atoms with Gasteiger partial charge in [-0.25, -0.2) is 0 Å². The Morgan fingerprint density at radius 1 is 1.62 bits per heavy atom. The van der Waals surface area contributed by atoms with Crippen LogP contribution >= 0.6 is 0 Å². The van der Waals surface area contributed by atoms with E-state index in [1.807, 2.05) is 0 Å². The Labute approximate surface area is 60.5 Å². The molecule has 0 aliphatic heterocycles. The average Bonchev–Trinajstić information content (AvgIpc) is 1.67. The van der Waals surface area contributed by atoms with Gasteiger partial charge in [-0.2, -0.15) is 0 Å². The van der Waals surface area contributed by atoms with E-state index in [1.54, 1.807) is 0 Å². The van der Waals surface area contributed by atoms with E-state index in [1.165, 1.54) is 0 Å². The minimum absolute atomic E-state index is 0.729. The summed E-state index contributed by atoms with van der Waals surface area (Å²) >= 11 is 1.14. The molecule has 0 radical (unpaired) electrons. The Bertz CT molecular complexity index is 84.1. The Morgan fingerprint density at radius 2 is 2.12 bits per heavy atom. The van der Waals surface area contributed by atoms with E-state index in [4.69, 9.17) is 10.0 Å². The fourth-order valence-electron chi connectivity index (χ4n) is 0.303. The molecule has 0 unspecified atom stereocenters. The van der Waals surface area contributed by atoms with Crippen molar-refractivity contribution in [2.24, 2.45) is 0 Å². The molecule has 0 fully saturated rings. The second kappa shape index (κ2) is 4.42. The van der Waals surface area contributed by atoms with Gasteiger partial charge in [0.1, 0.15) is 0 Å². The predicted octanol–water partition coefficient (Wildman–Crippen LogP) is -0.668. The molecule has 0 amide bonds. The number of rotatable bonds is 3. The third kappa shape index (κ3) is 3.53. The SMILES string of the molecule is [CH2-]CC[C](=[W])B(O)O. The molecule has 2 nitrogen and oxygen atoms in total. The molecule has 0 spiro atoms. The van der Waals surface area contributed by atoms with Gasteiger partial charge < -0.3 is 0 Å². The summed E-state index contributed by atoms with van der Waals surface area (Å²) in [5.41, 5.74) is 0. The van der Waals surface area contributed by atoms with Gasteiger partial charge in [-0.1, -0.05) is 0 Å². The quantitative estimate of drug-likeness (QED) is 0.533. The van der Waals surface area contributed by atoms with Crippen LogP contribution in [0.25, 0.3) is 0 Å². The van der Waals surface area contributed by atoms with Crippen LogP contribution in [0.2, 0.25) is 0 Å². The van der Waals surface area contributed by atoms with Crippen LogP contribution in [-0.4, -0.2) is 21.0 Å². The number of hydrogen-bond acceptors (Lipinski definition) is 2. The fraction of sp³-hybridized carbons (Fsp3) is 0.500. The molecular weight excluding hydrogens is 275 g/mol. The van der Waals surface area contributed by atoms with Crippen molar-refractivity contribution in [3.05, 3.63) is 6.92 Å². The van der Waals surface area contributed by atoms with Crippen molar-refractivity contribution in [1.82, 2.24) is 0 Å². The zero-order valence-electron chi connectivity index (χ0n) is 4.50. The molecule has 0 saturated carbocycles. The van der Waals surface area contributed by atoms with Crippen LogP contribution in [0.5, 0.6) is 0 Å². The van der Waals surface area contributed by atoms with Crippen LogP contribution in [-0.2, 0) is 19.4 Å². The Morgan fingerprint density at radius 3 is 2.25 bits per heavy atom. The van der Waals surface area contributed by atoms with Gasteiger partial charge in [0.2, 0.25) is 0 Å². The summed E-state index contributed by atoms with van der Waals surface area (Å²) in [7, 11) is -1.22. The van der Waals surface area contributed by atoms with Gasteiger partial charge in [0.25, 0.3) is 0 Å². The zero-order valence-corrected chi connectivity index (χ0v) is 7.43. The van der Waals surface area contributed by atoms with Gasteiger partial charge in [-0.15, -0.1) is 0 Å². The van der Waals surface area contributed by atoms with E-state index in [0.717, 1.165) is 36.0 Å². The van der Waals surface area contributed by atoms with Crippen molar-refractivity contribution in [3.8, 4) is 0 Å². The van der Waals surface area contributed by atoms with E-state index in [-0.39, 0.29) is 0 Å². The van der Waals surface area contributed by atoms with Crippen molar-refractivity contribution in [3.63, 3.8) is 0 Å². The first-order chi connectivity index (χ1) is 3.68. The van der Waals surface area contributed by atoms with Crippen molar-refractivity contribution in [2.45, 2.75) is 12.8 Å². The van der Waals surface area contributed by atoms with Crippen LogP contribution in [0.1, 0.15) is 12.8 Å². The Balaban J connectivity index is 3.33. The molecule has 0 aromatic heterocycles. The monoisotopic (exact) mass is 283 g/mol. The molecule has 0 aliphatic rings.